The van der Waals surface area contributed by atoms with E-state index in [1.54, 1.807) is 0 Å². The smallest absolute Gasteiger partial charge is 0.287 e. The number of para-hydroxylation sites is 1. The van der Waals surface area contributed by atoms with Crippen molar-refractivity contribution >= 4 is 5.91 Å². The maximum Gasteiger partial charge on any atom is 0.287 e. The summed E-state index contributed by atoms with van der Waals surface area (Å²) in [7, 11) is 0. The van der Waals surface area contributed by atoms with Gasteiger partial charge in [-0.2, -0.15) is 0 Å². The second-order valence-electron chi connectivity index (χ2n) is 4.73. The van der Waals surface area contributed by atoms with Gasteiger partial charge in [0.15, 0.2) is 6.10 Å². The summed E-state index contributed by atoms with van der Waals surface area (Å²) in [6.45, 7) is 1.31. The molecule has 0 spiro atoms. The highest BCUT2D eigenvalue weighted by molar-refractivity contribution is 5.80. The zero-order valence-electron chi connectivity index (χ0n) is 10.3. The molecule has 1 amide bonds. The normalized spacial score (nSPS) is 23.1. The zero-order valence-corrected chi connectivity index (χ0v) is 10.3. The predicted molar refractivity (Wildman–Crippen MR) is 66.1 cm³/mol. The predicted octanol–water partition coefficient (Wildman–Crippen LogP) is 1.93. The molecular weight excluding hydrogens is 230 g/mol. The van der Waals surface area contributed by atoms with Gasteiger partial charge in [-0.05, 0) is 37.3 Å². The van der Waals surface area contributed by atoms with E-state index in [0.29, 0.717) is 13.2 Å². The fraction of sp³-hybridized carbons (Fsp3) is 0.500. The van der Waals surface area contributed by atoms with Crippen LogP contribution in [0.3, 0.4) is 0 Å². The van der Waals surface area contributed by atoms with E-state index < -0.39 is 6.10 Å². The van der Waals surface area contributed by atoms with Crippen LogP contribution in [0, 0.1) is 0 Å². The van der Waals surface area contributed by atoms with Gasteiger partial charge in [-0.25, -0.2) is 5.06 Å². The maximum absolute atomic E-state index is 12.2. The molecule has 1 atom stereocenters. The molecular formula is C14H17NO3. The molecule has 96 valence electrons. The second kappa shape index (κ2) is 4.98. The third kappa shape index (κ3) is 2.20. The molecule has 1 fully saturated rings. The first-order valence-electron chi connectivity index (χ1n) is 6.53. The Labute approximate surface area is 106 Å². The monoisotopic (exact) mass is 247 g/mol. The summed E-state index contributed by atoms with van der Waals surface area (Å²) in [5.41, 5.74) is 1.18. The fourth-order valence-electron chi connectivity index (χ4n) is 2.43. The van der Waals surface area contributed by atoms with Crippen LogP contribution in [0.25, 0.3) is 0 Å². The van der Waals surface area contributed by atoms with Gasteiger partial charge in [0.1, 0.15) is 5.75 Å². The standard InChI is InChI=1S/C14H17NO3/c16-14(15-9-3-4-10-17-15)13-8-7-11-5-1-2-6-12(11)18-13/h1-2,5-6,13H,3-4,7-10H2. The number of hydrogen-bond acceptors (Lipinski definition) is 3. The van der Waals surface area contributed by atoms with Crippen LogP contribution in [-0.4, -0.2) is 30.2 Å². The molecule has 2 heterocycles. The van der Waals surface area contributed by atoms with E-state index in [4.69, 9.17) is 9.57 Å². The van der Waals surface area contributed by atoms with Crippen LogP contribution >= 0.6 is 0 Å². The first-order chi connectivity index (χ1) is 8.84. The van der Waals surface area contributed by atoms with Crippen molar-refractivity contribution in [3.63, 3.8) is 0 Å². The Morgan fingerprint density at radius 3 is 3.00 bits per heavy atom. The van der Waals surface area contributed by atoms with Gasteiger partial charge in [0, 0.05) is 6.54 Å². The number of rotatable bonds is 1. The third-order valence-electron chi connectivity index (χ3n) is 3.44. The maximum atomic E-state index is 12.2. The van der Waals surface area contributed by atoms with Crippen molar-refractivity contribution in [2.45, 2.75) is 31.8 Å². The Hall–Kier alpha value is -1.55. The van der Waals surface area contributed by atoms with Crippen LogP contribution in [0.1, 0.15) is 24.8 Å². The Morgan fingerprint density at radius 2 is 2.17 bits per heavy atom. The van der Waals surface area contributed by atoms with Gasteiger partial charge in [0.25, 0.3) is 5.91 Å². The quantitative estimate of drug-likeness (QED) is 0.761. The van der Waals surface area contributed by atoms with Crippen molar-refractivity contribution in [1.29, 1.82) is 0 Å². The molecule has 2 aliphatic heterocycles. The van der Waals surface area contributed by atoms with E-state index >= 15 is 0 Å². The van der Waals surface area contributed by atoms with E-state index in [9.17, 15) is 4.79 Å². The van der Waals surface area contributed by atoms with Crippen LogP contribution in [0.2, 0.25) is 0 Å². The third-order valence-corrected chi connectivity index (χ3v) is 3.44. The number of amides is 1. The molecule has 0 bridgehead atoms. The Bertz CT molecular complexity index is 440. The Morgan fingerprint density at radius 1 is 1.28 bits per heavy atom. The van der Waals surface area contributed by atoms with E-state index in [0.717, 1.165) is 31.4 Å². The Kier molecular flexibility index (Phi) is 3.19. The van der Waals surface area contributed by atoms with E-state index in [1.807, 2.05) is 24.3 Å². The molecule has 0 aromatic heterocycles. The number of carbonyl (C=O) groups excluding carboxylic acids is 1. The summed E-state index contributed by atoms with van der Waals surface area (Å²) < 4.78 is 5.78. The SMILES string of the molecule is O=C(C1CCc2ccccc2O1)N1CCCCO1. The van der Waals surface area contributed by atoms with Crippen molar-refractivity contribution in [2.75, 3.05) is 13.2 Å². The molecule has 0 saturated carbocycles. The number of carbonyl (C=O) groups is 1. The van der Waals surface area contributed by atoms with Gasteiger partial charge in [-0.3, -0.25) is 9.63 Å². The number of ether oxygens (including phenoxy) is 1. The minimum Gasteiger partial charge on any atom is -0.480 e. The first-order valence-corrected chi connectivity index (χ1v) is 6.53. The van der Waals surface area contributed by atoms with Crippen molar-refractivity contribution in [3.05, 3.63) is 29.8 Å². The number of aryl methyl sites for hydroxylation is 1. The molecule has 1 saturated heterocycles. The second-order valence-corrected chi connectivity index (χ2v) is 4.73. The minimum absolute atomic E-state index is 0.0378. The molecule has 3 rings (SSSR count). The molecule has 18 heavy (non-hydrogen) atoms. The highest BCUT2D eigenvalue weighted by atomic mass is 16.7. The van der Waals surface area contributed by atoms with Crippen molar-refractivity contribution in [1.82, 2.24) is 5.06 Å². The molecule has 0 N–H and O–H groups in total. The topological polar surface area (TPSA) is 38.8 Å². The van der Waals surface area contributed by atoms with E-state index in [-0.39, 0.29) is 5.91 Å². The summed E-state index contributed by atoms with van der Waals surface area (Å²) in [4.78, 5) is 17.6. The van der Waals surface area contributed by atoms with Crippen molar-refractivity contribution in [3.8, 4) is 5.75 Å². The van der Waals surface area contributed by atoms with Crippen LogP contribution < -0.4 is 4.74 Å². The summed E-state index contributed by atoms with van der Waals surface area (Å²) in [5, 5.41) is 1.47. The van der Waals surface area contributed by atoms with Crippen molar-refractivity contribution in [2.24, 2.45) is 0 Å². The molecule has 1 aromatic rings. The molecule has 1 unspecified atom stereocenters. The fourth-order valence-corrected chi connectivity index (χ4v) is 2.43. The molecule has 2 aliphatic rings. The molecule has 1 aromatic carbocycles. The molecule has 4 nitrogen and oxygen atoms in total. The lowest BCUT2D eigenvalue weighted by Crippen LogP contribution is -2.45. The molecule has 4 heteroatoms. The van der Waals surface area contributed by atoms with Gasteiger partial charge < -0.3 is 4.74 Å². The van der Waals surface area contributed by atoms with Crippen LogP contribution in [0.4, 0.5) is 0 Å². The number of hydrogen-bond donors (Lipinski definition) is 0. The lowest BCUT2D eigenvalue weighted by atomic mass is 10.0. The number of nitrogens with zero attached hydrogens (tertiary/aromatic N) is 1. The van der Waals surface area contributed by atoms with Gasteiger partial charge in [0.05, 0.1) is 6.61 Å². The van der Waals surface area contributed by atoms with Crippen LogP contribution in [-0.2, 0) is 16.1 Å². The first kappa shape index (κ1) is 11.5. The van der Waals surface area contributed by atoms with Gasteiger partial charge in [0.2, 0.25) is 0 Å². The summed E-state index contributed by atoms with van der Waals surface area (Å²) in [6.07, 6.45) is 3.27. The summed E-state index contributed by atoms with van der Waals surface area (Å²) in [5.74, 6) is 0.795. The van der Waals surface area contributed by atoms with Crippen LogP contribution in [0.5, 0.6) is 5.75 Å². The van der Waals surface area contributed by atoms with E-state index in [2.05, 4.69) is 0 Å². The molecule has 0 aliphatic carbocycles. The van der Waals surface area contributed by atoms with E-state index in [1.165, 1.54) is 10.6 Å². The highest BCUT2D eigenvalue weighted by Gasteiger charge is 2.31. The summed E-state index contributed by atoms with van der Waals surface area (Å²) in [6, 6.07) is 7.90. The average Bonchev–Trinajstić information content (AvgIpc) is 2.47. The van der Waals surface area contributed by atoms with Gasteiger partial charge in [-0.15, -0.1) is 0 Å². The van der Waals surface area contributed by atoms with Gasteiger partial charge in [-0.1, -0.05) is 18.2 Å². The largest absolute Gasteiger partial charge is 0.480 e. The molecule has 0 radical (unpaired) electrons. The van der Waals surface area contributed by atoms with Crippen LogP contribution in [0.15, 0.2) is 24.3 Å². The number of hydroxylamine groups is 2. The zero-order chi connectivity index (χ0) is 12.4. The summed E-state index contributed by atoms with van der Waals surface area (Å²) >= 11 is 0. The average molecular weight is 247 g/mol. The number of fused-ring (bicyclic) bond motifs is 1. The van der Waals surface area contributed by atoms with Gasteiger partial charge >= 0.3 is 0 Å². The number of benzene rings is 1. The minimum atomic E-state index is -0.391. The highest BCUT2D eigenvalue weighted by Crippen LogP contribution is 2.28. The van der Waals surface area contributed by atoms with Crippen molar-refractivity contribution < 1.29 is 14.4 Å². The lowest BCUT2D eigenvalue weighted by molar-refractivity contribution is -0.204. The Balaban J connectivity index is 1.69. The lowest BCUT2D eigenvalue weighted by Gasteiger charge is -2.31.